The van der Waals surface area contributed by atoms with Crippen LogP contribution in [0.2, 0.25) is 0 Å². The highest BCUT2D eigenvalue weighted by Gasteiger charge is 2.17. The molecule has 0 N–H and O–H groups in total. The van der Waals surface area contributed by atoms with Crippen molar-refractivity contribution in [3.05, 3.63) is 42.5 Å². The molecule has 1 rings (SSSR count). The van der Waals surface area contributed by atoms with Crippen LogP contribution in [0.1, 0.15) is 12.5 Å². The summed E-state index contributed by atoms with van der Waals surface area (Å²) in [4.78, 5) is 13.3. The molecule has 3 nitrogen and oxygen atoms in total. The van der Waals surface area contributed by atoms with E-state index in [0.29, 0.717) is 13.0 Å². The van der Waals surface area contributed by atoms with Gasteiger partial charge in [-0.1, -0.05) is 30.2 Å². The van der Waals surface area contributed by atoms with E-state index in [0.717, 1.165) is 11.3 Å². The lowest BCUT2D eigenvalue weighted by atomic mass is 10.1. The van der Waals surface area contributed by atoms with Gasteiger partial charge in [0.25, 0.3) is 0 Å². The molecule has 0 aliphatic carbocycles. The maximum Gasteiger partial charge on any atom is 0.415 e. The number of anilines is 1. The first kappa shape index (κ1) is 13.9. The van der Waals surface area contributed by atoms with Crippen LogP contribution in [-0.4, -0.2) is 19.2 Å². The summed E-state index contributed by atoms with van der Waals surface area (Å²) in [6.45, 7) is 5.98. The van der Waals surface area contributed by atoms with Gasteiger partial charge in [-0.05, 0) is 25.0 Å². The Balaban J connectivity index is 3.08. The lowest BCUT2D eigenvalue weighted by Gasteiger charge is -2.22. The van der Waals surface area contributed by atoms with Gasteiger partial charge in [-0.15, -0.1) is 13.0 Å². The second-order valence-corrected chi connectivity index (χ2v) is 3.61. The van der Waals surface area contributed by atoms with E-state index in [4.69, 9.17) is 11.2 Å². The molecule has 0 atom stereocenters. The van der Waals surface area contributed by atoms with Gasteiger partial charge in [0.05, 0.1) is 18.8 Å². The van der Waals surface area contributed by atoms with Crippen molar-refractivity contribution >= 4 is 11.8 Å². The van der Waals surface area contributed by atoms with Crippen LogP contribution in [0.25, 0.3) is 0 Å². The number of benzene rings is 1. The van der Waals surface area contributed by atoms with E-state index in [1.807, 2.05) is 24.3 Å². The van der Waals surface area contributed by atoms with Crippen molar-refractivity contribution in [2.75, 3.05) is 18.1 Å². The van der Waals surface area contributed by atoms with Gasteiger partial charge >= 0.3 is 6.09 Å². The van der Waals surface area contributed by atoms with Crippen molar-refractivity contribution in [2.24, 2.45) is 0 Å². The molecule has 0 aliphatic heterocycles. The standard InChI is InChI=1S/C15H17NO2/c1-4-9-13-10-7-8-11-14(13)16(12-5-2)15(17)18-6-3/h2,4,7-8,10-11H,1,6,9,12H2,3H3. The molecule has 94 valence electrons. The zero-order chi connectivity index (χ0) is 13.4. The van der Waals surface area contributed by atoms with E-state index in [-0.39, 0.29) is 6.54 Å². The topological polar surface area (TPSA) is 29.5 Å². The zero-order valence-electron chi connectivity index (χ0n) is 10.6. The first-order valence-electron chi connectivity index (χ1n) is 5.81. The average molecular weight is 243 g/mol. The molecule has 0 radical (unpaired) electrons. The van der Waals surface area contributed by atoms with Gasteiger partial charge in [-0.3, -0.25) is 4.90 Å². The van der Waals surface area contributed by atoms with Gasteiger partial charge < -0.3 is 4.74 Å². The summed E-state index contributed by atoms with van der Waals surface area (Å²) >= 11 is 0. The predicted octanol–water partition coefficient (Wildman–Crippen LogP) is 3.01. The molecule has 0 spiro atoms. The molecule has 1 aromatic carbocycles. The fraction of sp³-hybridized carbons (Fsp3) is 0.267. The second-order valence-electron chi connectivity index (χ2n) is 3.61. The van der Waals surface area contributed by atoms with E-state index < -0.39 is 6.09 Å². The number of ether oxygens (including phenoxy) is 1. The van der Waals surface area contributed by atoms with Crippen molar-refractivity contribution in [3.8, 4) is 12.3 Å². The Morgan fingerprint density at radius 2 is 2.28 bits per heavy atom. The Hall–Kier alpha value is -2.21. The number of hydrogen-bond acceptors (Lipinski definition) is 2. The van der Waals surface area contributed by atoms with E-state index in [2.05, 4.69) is 12.5 Å². The van der Waals surface area contributed by atoms with Crippen molar-refractivity contribution in [3.63, 3.8) is 0 Å². The number of hydrogen-bond donors (Lipinski definition) is 0. The van der Waals surface area contributed by atoms with Crippen LogP contribution in [-0.2, 0) is 11.2 Å². The Bertz CT molecular complexity index is 460. The van der Waals surface area contributed by atoms with Crippen molar-refractivity contribution in [1.29, 1.82) is 0 Å². The molecular weight excluding hydrogens is 226 g/mol. The first-order chi connectivity index (χ1) is 8.74. The minimum absolute atomic E-state index is 0.187. The first-order valence-corrected chi connectivity index (χ1v) is 5.81. The van der Waals surface area contributed by atoms with E-state index in [1.165, 1.54) is 4.90 Å². The number of nitrogens with zero attached hydrogens (tertiary/aromatic N) is 1. The normalized spacial score (nSPS) is 9.33. The summed E-state index contributed by atoms with van der Waals surface area (Å²) in [6, 6.07) is 7.58. The van der Waals surface area contributed by atoms with Crippen LogP contribution in [0.3, 0.4) is 0 Å². The number of terminal acetylenes is 1. The Kier molecular flexibility index (Phi) is 5.53. The summed E-state index contributed by atoms with van der Waals surface area (Å²) < 4.78 is 5.01. The summed E-state index contributed by atoms with van der Waals surface area (Å²) in [5, 5.41) is 0. The molecule has 3 heteroatoms. The summed E-state index contributed by atoms with van der Waals surface area (Å²) in [5.74, 6) is 2.47. The Morgan fingerprint density at radius 3 is 2.89 bits per heavy atom. The minimum atomic E-state index is -0.424. The third-order valence-electron chi connectivity index (χ3n) is 2.38. The van der Waals surface area contributed by atoms with Crippen molar-refractivity contribution < 1.29 is 9.53 Å². The molecule has 0 saturated carbocycles. The van der Waals surface area contributed by atoms with Crippen LogP contribution in [0.5, 0.6) is 0 Å². The minimum Gasteiger partial charge on any atom is -0.449 e. The maximum absolute atomic E-state index is 11.9. The highest BCUT2D eigenvalue weighted by atomic mass is 16.6. The molecule has 1 amide bonds. The average Bonchev–Trinajstić information content (AvgIpc) is 2.37. The molecule has 0 saturated heterocycles. The summed E-state index contributed by atoms with van der Waals surface area (Å²) in [5.41, 5.74) is 1.77. The predicted molar refractivity (Wildman–Crippen MR) is 73.5 cm³/mol. The molecule has 0 fully saturated rings. The maximum atomic E-state index is 11.9. The van der Waals surface area contributed by atoms with Gasteiger partial charge in [0, 0.05) is 0 Å². The summed E-state index contributed by atoms with van der Waals surface area (Å²) in [7, 11) is 0. The highest BCUT2D eigenvalue weighted by Crippen LogP contribution is 2.21. The monoisotopic (exact) mass is 243 g/mol. The fourth-order valence-corrected chi connectivity index (χ4v) is 1.64. The van der Waals surface area contributed by atoms with Gasteiger partial charge in [0.2, 0.25) is 0 Å². The van der Waals surface area contributed by atoms with Crippen molar-refractivity contribution in [1.82, 2.24) is 0 Å². The van der Waals surface area contributed by atoms with Crippen LogP contribution in [0.15, 0.2) is 36.9 Å². The molecular formula is C15H17NO2. The Morgan fingerprint density at radius 1 is 1.56 bits per heavy atom. The highest BCUT2D eigenvalue weighted by molar-refractivity contribution is 5.89. The third-order valence-corrected chi connectivity index (χ3v) is 2.38. The van der Waals surface area contributed by atoms with Gasteiger partial charge in [-0.25, -0.2) is 4.79 Å². The largest absolute Gasteiger partial charge is 0.449 e. The molecule has 18 heavy (non-hydrogen) atoms. The molecule has 0 aromatic heterocycles. The Labute approximate surface area is 108 Å². The summed E-state index contributed by atoms with van der Waals surface area (Å²) in [6.07, 6.45) is 7.35. The number of allylic oxidation sites excluding steroid dienone is 1. The molecule has 0 aliphatic rings. The van der Waals surface area contributed by atoms with E-state index in [1.54, 1.807) is 13.0 Å². The lowest BCUT2D eigenvalue weighted by Crippen LogP contribution is -2.32. The molecule has 0 bridgehead atoms. The van der Waals surface area contributed by atoms with Gasteiger partial charge in [-0.2, -0.15) is 0 Å². The number of para-hydroxylation sites is 1. The van der Waals surface area contributed by atoms with Crippen LogP contribution < -0.4 is 4.90 Å². The number of rotatable bonds is 5. The van der Waals surface area contributed by atoms with Crippen LogP contribution >= 0.6 is 0 Å². The third kappa shape index (κ3) is 3.39. The van der Waals surface area contributed by atoms with Crippen molar-refractivity contribution in [2.45, 2.75) is 13.3 Å². The SMILES string of the molecule is C#CCN(C(=O)OCC)c1ccccc1CC=C. The van der Waals surface area contributed by atoms with Gasteiger partial charge in [0.1, 0.15) is 0 Å². The molecule has 0 heterocycles. The number of carbonyl (C=O) groups excluding carboxylic acids is 1. The van der Waals surface area contributed by atoms with E-state index >= 15 is 0 Å². The van der Waals surface area contributed by atoms with Gasteiger partial charge in [0.15, 0.2) is 0 Å². The number of carbonyl (C=O) groups is 1. The molecule has 1 aromatic rings. The lowest BCUT2D eigenvalue weighted by molar-refractivity contribution is 0.160. The quantitative estimate of drug-likeness (QED) is 0.587. The number of amides is 1. The second kappa shape index (κ2) is 7.18. The van der Waals surface area contributed by atoms with Crippen LogP contribution in [0.4, 0.5) is 10.5 Å². The van der Waals surface area contributed by atoms with Crippen LogP contribution in [0, 0.1) is 12.3 Å². The smallest absolute Gasteiger partial charge is 0.415 e. The zero-order valence-corrected chi connectivity index (χ0v) is 10.6. The fourth-order valence-electron chi connectivity index (χ4n) is 1.64. The van der Waals surface area contributed by atoms with E-state index in [9.17, 15) is 4.79 Å². The molecule has 0 unspecified atom stereocenters.